The molecule has 13 heavy (non-hydrogen) atoms. The van der Waals surface area contributed by atoms with E-state index in [9.17, 15) is 14.4 Å². The molecule has 0 amide bonds. The van der Waals surface area contributed by atoms with Gasteiger partial charge in [-0.25, -0.2) is 4.79 Å². The molecule has 0 heterocycles. The van der Waals surface area contributed by atoms with Crippen LogP contribution >= 0.6 is 11.6 Å². The zero-order chi connectivity index (χ0) is 10.6. The van der Waals surface area contributed by atoms with Gasteiger partial charge in [-0.2, -0.15) is 0 Å². The summed E-state index contributed by atoms with van der Waals surface area (Å²) in [6.45, 7) is 0. The SMILES string of the molecule is O=C(O)CC(O)(CC(=O)Cl)C(=O)O. The van der Waals surface area contributed by atoms with E-state index < -0.39 is 35.6 Å². The number of aliphatic carboxylic acids is 2. The molecule has 0 aliphatic heterocycles. The number of carbonyl (C=O) groups excluding carboxylic acids is 1. The molecular formula is C6H7ClO6. The first-order chi connectivity index (χ1) is 5.78. The van der Waals surface area contributed by atoms with Gasteiger partial charge in [0.15, 0.2) is 5.60 Å². The maximum absolute atomic E-state index is 10.4. The van der Waals surface area contributed by atoms with Gasteiger partial charge in [-0.3, -0.25) is 9.59 Å². The van der Waals surface area contributed by atoms with E-state index in [1.165, 1.54) is 0 Å². The van der Waals surface area contributed by atoms with Gasteiger partial charge in [0.1, 0.15) is 0 Å². The Kier molecular flexibility index (Phi) is 3.83. The van der Waals surface area contributed by atoms with Crippen molar-refractivity contribution in [2.75, 3.05) is 0 Å². The van der Waals surface area contributed by atoms with Gasteiger partial charge in [0.2, 0.25) is 5.24 Å². The van der Waals surface area contributed by atoms with Crippen LogP contribution in [0.2, 0.25) is 0 Å². The second-order valence-corrected chi connectivity index (χ2v) is 2.86. The average Bonchev–Trinajstić information content (AvgIpc) is 1.82. The van der Waals surface area contributed by atoms with Gasteiger partial charge in [-0.15, -0.1) is 0 Å². The lowest BCUT2D eigenvalue weighted by atomic mass is 9.97. The molecule has 0 rings (SSSR count). The Bertz CT molecular complexity index is 232. The van der Waals surface area contributed by atoms with E-state index in [2.05, 4.69) is 0 Å². The third-order valence-electron chi connectivity index (χ3n) is 1.27. The summed E-state index contributed by atoms with van der Waals surface area (Å²) in [5, 5.41) is 24.7. The molecule has 0 aromatic heterocycles. The van der Waals surface area contributed by atoms with Gasteiger partial charge < -0.3 is 15.3 Å². The van der Waals surface area contributed by atoms with Gasteiger partial charge in [0.05, 0.1) is 12.8 Å². The molecule has 1 atom stereocenters. The lowest BCUT2D eigenvalue weighted by Gasteiger charge is -2.18. The van der Waals surface area contributed by atoms with E-state index in [1.807, 2.05) is 0 Å². The fraction of sp³-hybridized carbons (Fsp3) is 0.500. The highest BCUT2D eigenvalue weighted by atomic mass is 35.5. The lowest BCUT2D eigenvalue weighted by molar-refractivity contribution is -0.166. The van der Waals surface area contributed by atoms with Gasteiger partial charge in [-0.1, -0.05) is 0 Å². The smallest absolute Gasteiger partial charge is 0.336 e. The summed E-state index contributed by atoms with van der Waals surface area (Å²) in [7, 11) is 0. The zero-order valence-electron chi connectivity index (χ0n) is 6.36. The Hall–Kier alpha value is -1.14. The molecule has 3 N–H and O–H groups in total. The highest BCUT2D eigenvalue weighted by Crippen LogP contribution is 2.17. The van der Waals surface area contributed by atoms with Gasteiger partial charge >= 0.3 is 11.9 Å². The Morgan fingerprint density at radius 2 is 1.62 bits per heavy atom. The van der Waals surface area contributed by atoms with Crippen molar-refractivity contribution in [2.24, 2.45) is 0 Å². The van der Waals surface area contributed by atoms with Crippen molar-refractivity contribution in [3.8, 4) is 0 Å². The van der Waals surface area contributed by atoms with E-state index in [0.29, 0.717) is 0 Å². The number of halogens is 1. The minimum absolute atomic E-state index is 0.934. The summed E-state index contributed by atoms with van der Waals surface area (Å²) >= 11 is 4.83. The van der Waals surface area contributed by atoms with Crippen LogP contribution in [-0.2, 0) is 14.4 Å². The second-order valence-electron chi connectivity index (χ2n) is 2.44. The molecule has 0 aromatic carbocycles. The van der Waals surface area contributed by atoms with Gasteiger partial charge in [-0.05, 0) is 11.6 Å². The van der Waals surface area contributed by atoms with Crippen LogP contribution in [0.4, 0.5) is 0 Å². The van der Waals surface area contributed by atoms with E-state index >= 15 is 0 Å². The Morgan fingerprint density at radius 3 is 1.85 bits per heavy atom. The molecule has 74 valence electrons. The van der Waals surface area contributed by atoms with Crippen LogP contribution in [-0.4, -0.2) is 38.1 Å². The molecule has 1 unspecified atom stereocenters. The fourth-order valence-corrected chi connectivity index (χ4v) is 0.915. The van der Waals surface area contributed by atoms with Crippen LogP contribution in [0.25, 0.3) is 0 Å². The Morgan fingerprint density at radius 1 is 1.15 bits per heavy atom. The maximum Gasteiger partial charge on any atom is 0.336 e. The molecule has 0 radical (unpaired) electrons. The summed E-state index contributed by atoms with van der Waals surface area (Å²) in [6, 6.07) is 0. The molecule has 0 saturated carbocycles. The number of aliphatic hydroxyl groups is 1. The molecule has 0 bridgehead atoms. The van der Waals surface area contributed by atoms with Crippen LogP contribution in [0.5, 0.6) is 0 Å². The van der Waals surface area contributed by atoms with Crippen molar-refractivity contribution in [1.82, 2.24) is 0 Å². The van der Waals surface area contributed by atoms with E-state index in [-0.39, 0.29) is 0 Å². The summed E-state index contributed by atoms with van der Waals surface area (Å²) in [5.74, 6) is -3.31. The van der Waals surface area contributed by atoms with Crippen LogP contribution < -0.4 is 0 Å². The van der Waals surface area contributed by atoms with Crippen LogP contribution in [0.15, 0.2) is 0 Å². The molecule has 0 saturated heterocycles. The van der Waals surface area contributed by atoms with Crippen molar-refractivity contribution in [3.05, 3.63) is 0 Å². The lowest BCUT2D eigenvalue weighted by Crippen LogP contribution is -2.42. The Balaban J connectivity index is 4.62. The van der Waals surface area contributed by atoms with E-state index in [0.717, 1.165) is 0 Å². The largest absolute Gasteiger partial charge is 0.481 e. The number of carbonyl (C=O) groups is 3. The monoisotopic (exact) mass is 210 g/mol. The number of carboxylic acids is 2. The fourth-order valence-electron chi connectivity index (χ4n) is 0.694. The summed E-state index contributed by atoms with van der Waals surface area (Å²) in [6.07, 6.45) is -2.00. The quantitative estimate of drug-likeness (QED) is 0.524. The first-order valence-corrected chi connectivity index (χ1v) is 3.51. The third-order valence-corrected chi connectivity index (χ3v) is 1.41. The molecule has 7 heteroatoms. The van der Waals surface area contributed by atoms with Gasteiger partial charge in [0, 0.05) is 0 Å². The normalized spacial score (nSPS) is 14.6. The molecular weight excluding hydrogens is 204 g/mol. The number of carboxylic acid groups (broad SMARTS) is 2. The Labute approximate surface area is 77.7 Å². The van der Waals surface area contributed by atoms with Crippen molar-refractivity contribution in [1.29, 1.82) is 0 Å². The average molecular weight is 211 g/mol. The first kappa shape index (κ1) is 11.9. The zero-order valence-corrected chi connectivity index (χ0v) is 7.11. The minimum Gasteiger partial charge on any atom is -0.481 e. The number of rotatable bonds is 5. The molecule has 6 nitrogen and oxygen atoms in total. The molecule has 0 aliphatic rings. The second kappa shape index (κ2) is 4.20. The molecule has 0 aromatic rings. The number of hydrogen-bond donors (Lipinski definition) is 3. The minimum atomic E-state index is -2.62. The van der Waals surface area contributed by atoms with Crippen molar-refractivity contribution in [2.45, 2.75) is 18.4 Å². The first-order valence-electron chi connectivity index (χ1n) is 3.14. The van der Waals surface area contributed by atoms with Crippen LogP contribution in [0, 0.1) is 0 Å². The highest BCUT2D eigenvalue weighted by Gasteiger charge is 2.40. The summed E-state index contributed by atoms with van der Waals surface area (Å²) in [4.78, 5) is 30.8. The molecule has 0 aliphatic carbocycles. The van der Waals surface area contributed by atoms with Crippen molar-refractivity contribution >= 4 is 28.8 Å². The predicted octanol–water partition coefficient (Wildman–Crippen LogP) is -0.568. The van der Waals surface area contributed by atoms with Crippen LogP contribution in [0.3, 0.4) is 0 Å². The molecule has 0 spiro atoms. The van der Waals surface area contributed by atoms with E-state index in [4.69, 9.17) is 26.9 Å². The summed E-state index contributed by atoms with van der Waals surface area (Å²) < 4.78 is 0. The van der Waals surface area contributed by atoms with Crippen molar-refractivity contribution < 1.29 is 29.7 Å². The highest BCUT2D eigenvalue weighted by molar-refractivity contribution is 6.63. The van der Waals surface area contributed by atoms with E-state index in [1.54, 1.807) is 0 Å². The number of hydrogen-bond acceptors (Lipinski definition) is 4. The topological polar surface area (TPSA) is 112 Å². The maximum atomic E-state index is 10.4. The van der Waals surface area contributed by atoms with Crippen molar-refractivity contribution in [3.63, 3.8) is 0 Å². The summed E-state index contributed by atoms with van der Waals surface area (Å²) in [5.41, 5.74) is -2.62. The predicted molar refractivity (Wildman–Crippen MR) is 40.3 cm³/mol. The van der Waals surface area contributed by atoms with Gasteiger partial charge in [0.25, 0.3) is 0 Å². The van der Waals surface area contributed by atoms with Crippen LogP contribution in [0.1, 0.15) is 12.8 Å². The standard InChI is InChI=1S/C6H7ClO6/c7-3(8)1-6(13,5(11)12)2-4(9)10/h13H,1-2H2,(H,9,10)(H,11,12). The third kappa shape index (κ3) is 3.86. The molecule has 0 fully saturated rings.